The zero-order chi connectivity index (χ0) is 23.2. The molecule has 0 saturated carbocycles. The van der Waals surface area contributed by atoms with Crippen molar-refractivity contribution in [3.8, 4) is 17.2 Å². The summed E-state index contributed by atoms with van der Waals surface area (Å²) in [7, 11) is -4.44. The standard InChI is InChI=1S/C26H38O5S.Na/c1-2-3-4-5-6-7-8-9-10-11-12-13-16-22-19-20-23(27)25(21-22)31-24-17-14-15-18-26(24)32(28,29)30;/h14-15,17-21,27H,2-13,16H2,1H3,(H,28,29,30);/q;+1/p-1. The molecular weight excluding hydrogens is 447 g/mol. The first-order chi connectivity index (χ1) is 15.4. The Kier molecular flexibility index (Phi) is 15.0. The Hall–Kier alpha value is -1.05. The molecule has 0 saturated heterocycles. The Morgan fingerprint density at radius 2 is 1.33 bits per heavy atom. The van der Waals surface area contributed by atoms with Gasteiger partial charge in [0.05, 0.1) is 0 Å². The van der Waals surface area contributed by atoms with Crippen LogP contribution in [0.25, 0.3) is 0 Å². The molecule has 0 unspecified atom stereocenters. The molecule has 0 aliphatic heterocycles. The summed E-state index contributed by atoms with van der Waals surface area (Å²) in [6.45, 7) is 2.25. The SMILES string of the molecule is CCCCCCCCCCCCCCc1ccc([O-])c(Oc2ccccc2S(=O)(=O)O)c1.[Na+]. The molecule has 0 spiro atoms. The summed E-state index contributed by atoms with van der Waals surface area (Å²) in [6.07, 6.45) is 16.3. The van der Waals surface area contributed by atoms with E-state index in [4.69, 9.17) is 4.74 Å². The van der Waals surface area contributed by atoms with E-state index in [0.29, 0.717) is 0 Å². The van der Waals surface area contributed by atoms with Crippen LogP contribution in [0.5, 0.6) is 17.2 Å². The maximum atomic E-state index is 12.2. The molecule has 0 amide bonds. The van der Waals surface area contributed by atoms with Crippen molar-refractivity contribution >= 4 is 10.1 Å². The third-order valence-electron chi connectivity index (χ3n) is 5.67. The summed E-state index contributed by atoms with van der Waals surface area (Å²) in [5, 5.41) is 12.2. The van der Waals surface area contributed by atoms with Gasteiger partial charge in [0.15, 0.2) is 0 Å². The van der Waals surface area contributed by atoms with Gasteiger partial charge in [-0.15, -0.1) is 0 Å². The number of unbranched alkanes of at least 4 members (excludes halogenated alkanes) is 11. The van der Waals surface area contributed by atoms with Crippen molar-refractivity contribution in [3.05, 3.63) is 48.0 Å². The average molecular weight is 485 g/mol. The van der Waals surface area contributed by atoms with E-state index in [-0.39, 0.29) is 51.7 Å². The second kappa shape index (κ2) is 16.6. The average Bonchev–Trinajstić information content (AvgIpc) is 2.76. The summed E-state index contributed by atoms with van der Waals surface area (Å²) in [5.41, 5.74) is 0.982. The van der Waals surface area contributed by atoms with Crippen LogP contribution in [0.15, 0.2) is 47.4 Å². The van der Waals surface area contributed by atoms with E-state index in [2.05, 4.69) is 6.92 Å². The fourth-order valence-electron chi connectivity index (χ4n) is 3.82. The molecule has 0 radical (unpaired) electrons. The van der Waals surface area contributed by atoms with Crippen LogP contribution >= 0.6 is 0 Å². The first kappa shape index (κ1) is 30.0. The second-order valence-electron chi connectivity index (χ2n) is 8.44. The predicted octanol–water partition coefficient (Wildman–Crippen LogP) is 4.05. The smallest absolute Gasteiger partial charge is 0.870 e. The van der Waals surface area contributed by atoms with Crippen LogP contribution in [-0.4, -0.2) is 13.0 Å². The second-order valence-corrected chi connectivity index (χ2v) is 9.83. The van der Waals surface area contributed by atoms with Gasteiger partial charge >= 0.3 is 29.6 Å². The summed E-state index contributed by atoms with van der Waals surface area (Å²) in [4.78, 5) is -0.356. The topological polar surface area (TPSA) is 86.7 Å². The van der Waals surface area contributed by atoms with Crippen LogP contribution in [0.3, 0.4) is 0 Å². The van der Waals surface area contributed by atoms with Gasteiger partial charge in [-0.1, -0.05) is 108 Å². The molecule has 7 heteroatoms. The number of ether oxygens (including phenoxy) is 1. The van der Waals surface area contributed by atoms with E-state index in [1.165, 1.54) is 88.5 Å². The summed E-state index contributed by atoms with van der Waals surface area (Å²) < 4.78 is 38.0. The number of para-hydroxylation sites is 1. The van der Waals surface area contributed by atoms with Crippen LogP contribution in [0, 0.1) is 0 Å². The van der Waals surface area contributed by atoms with Gasteiger partial charge < -0.3 is 9.84 Å². The monoisotopic (exact) mass is 484 g/mol. The third-order valence-corrected chi connectivity index (χ3v) is 6.57. The normalized spacial score (nSPS) is 11.2. The number of aryl methyl sites for hydroxylation is 1. The van der Waals surface area contributed by atoms with Crippen LogP contribution in [0.2, 0.25) is 0 Å². The van der Waals surface area contributed by atoms with Gasteiger partial charge in [0.2, 0.25) is 0 Å². The molecule has 178 valence electrons. The van der Waals surface area contributed by atoms with Gasteiger partial charge in [-0.2, -0.15) is 8.42 Å². The Morgan fingerprint density at radius 3 is 1.91 bits per heavy atom. The van der Waals surface area contributed by atoms with Crippen molar-refractivity contribution in [1.29, 1.82) is 0 Å². The van der Waals surface area contributed by atoms with E-state index in [9.17, 15) is 18.1 Å². The maximum Gasteiger partial charge on any atom is 1.00 e. The fraction of sp³-hybridized carbons (Fsp3) is 0.538. The Balaban J connectivity index is 0.00000544. The molecule has 2 rings (SSSR count). The van der Waals surface area contributed by atoms with Crippen molar-refractivity contribution in [3.63, 3.8) is 0 Å². The minimum absolute atomic E-state index is 0. The Bertz CT molecular complexity index is 915. The summed E-state index contributed by atoms with van der Waals surface area (Å²) in [5.74, 6) is -0.319. The molecular formula is C26H37NaO5S. The fourth-order valence-corrected chi connectivity index (χ4v) is 4.44. The Morgan fingerprint density at radius 1 is 0.788 bits per heavy atom. The number of hydrogen-bond acceptors (Lipinski definition) is 4. The first-order valence-electron chi connectivity index (χ1n) is 12.0. The van der Waals surface area contributed by atoms with Crippen molar-refractivity contribution in [1.82, 2.24) is 0 Å². The molecule has 1 N–H and O–H groups in total. The molecule has 0 bridgehead atoms. The minimum atomic E-state index is -4.44. The van der Waals surface area contributed by atoms with Gasteiger partial charge in [-0.05, 0) is 36.6 Å². The summed E-state index contributed by atoms with van der Waals surface area (Å²) in [6, 6.07) is 10.6. The van der Waals surface area contributed by atoms with E-state index >= 15 is 0 Å². The van der Waals surface area contributed by atoms with Gasteiger partial charge in [0.1, 0.15) is 16.4 Å². The van der Waals surface area contributed by atoms with Gasteiger partial charge in [-0.25, -0.2) is 0 Å². The molecule has 2 aromatic rings. The van der Waals surface area contributed by atoms with Crippen LogP contribution < -0.4 is 39.4 Å². The van der Waals surface area contributed by atoms with Gasteiger partial charge in [-0.3, -0.25) is 4.55 Å². The van der Waals surface area contributed by atoms with Crippen LogP contribution in [0.1, 0.15) is 89.5 Å². The number of benzene rings is 2. The number of hydrogen-bond donors (Lipinski definition) is 1. The molecule has 33 heavy (non-hydrogen) atoms. The third kappa shape index (κ3) is 11.8. The van der Waals surface area contributed by atoms with Crippen molar-refractivity contribution in [2.75, 3.05) is 0 Å². The molecule has 0 aliphatic rings. The van der Waals surface area contributed by atoms with Gasteiger partial charge in [0.25, 0.3) is 10.1 Å². The van der Waals surface area contributed by atoms with Crippen LogP contribution in [0.4, 0.5) is 0 Å². The minimum Gasteiger partial charge on any atom is -0.870 e. The Labute approximate surface area is 222 Å². The molecule has 0 fully saturated rings. The zero-order valence-electron chi connectivity index (χ0n) is 20.2. The quantitative estimate of drug-likeness (QED) is 0.221. The van der Waals surface area contributed by atoms with Crippen molar-refractivity contribution in [2.45, 2.75) is 95.3 Å². The van der Waals surface area contributed by atoms with E-state index in [1.807, 2.05) is 0 Å². The van der Waals surface area contributed by atoms with Crippen LogP contribution in [-0.2, 0) is 16.5 Å². The molecule has 0 atom stereocenters. The molecule has 0 aromatic heterocycles. The molecule has 0 aliphatic carbocycles. The summed E-state index contributed by atoms with van der Waals surface area (Å²) >= 11 is 0. The van der Waals surface area contributed by atoms with Crippen molar-refractivity contribution < 1.29 is 52.4 Å². The predicted molar refractivity (Wildman–Crippen MR) is 127 cm³/mol. The van der Waals surface area contributed by atoms with E-state index in [1.54, 1.807) is 18.2 Å². The van der Waals surface area contributed by atoms with E-state index < -0.39 is 10.1 Å². The van der Waals surface area contributed by atoms with Gasteiger partial charge in [0, 0.05) is 0 Å². The zero-order valence-corrected chi connectivity index (χ0v) is 23.0. The molecule has 2 aromatic carbocycles. The molecule has 5 nitrogen and oxygen atoms in total. The molecule has 0 heterocycles. The number of rotatable bonds is 16. The largest absolute Gasteiger partial charge is 1.00 e. The van der Waals surface area contributed by atoms with E-state index in [0.717, 1.165) is 24.8 Å². The van der Waals surface area contributed by atoms with Crippen molar-refractivity contribution in [2.24, 2.45) is 0 Å². The first-order valence-corrected chi connectivity index (χ1v) is 13.4. The maximum absolute atomic E-state index is 12.2.